The lowest BCUT2D eigenvalue weighted by atomic mass is 10.0. The molecular formula is C14H19N3S. The predicted molar refractivity (Wildman–Crippen MR) is 75.9 cm³/mol. The Morgan fingerprint density at radius 3 is 3.11 bits per heavy atom. The molecule has 0 atom stereocenters. The van der Waals surface area contributed by atoms with Crippen LogP contribution in [0.4, 0.5) is 0 Å². The summed E-state index contributed by atoms with van der Waals surface area (Å²) in [5.41, 5.74) is 9.39. The largest absolute Gasteiger partial charge is 0.345 e. The van der Waals surface area contributed by atoms with Crippen LogP contribution in [0.3, 0.4) is 0 Å². The molecule has 4 heteroatoms. The summed E-state index contributed by atoms with van der Waals surface area (Å²) in [5, 5.41) is 2.18. The number of aromatic amines is 1. The van der Waals surface area contributed by atoms with E-state index >= 15 is 0 Å². The second-order valence-electron chi connectivity index (χ2n) is 4.87. The van der Waals surface area contributed by atoms with E-state index in [9.17, 15) is 0 Å². The Morgan fingerprint density at radius 2 is 2.22 bits per heavy atom. The van der Waals surface area contributed by atoms with E-state index in [0.29, 0.717) is 0 Å². The molecule has 0 aliphatic heterocycles. The number of nitrogens with two attached hydrogens (primary N) is 1. The molecule has 1 aliphatic carbocycles. The maximum Gasteiger partial charge on any atom is 0.106 e. The Balaban J connectivity index is 1.73. The lowest BCUT2D eigenvalue weighted by Gasteiger charge is -2.09. The number of aromatic nitrogens is 2. The summed E-state index contributed by atoms with van der Waals surface area (Å²) >= 11 is 1.85. The van der Waals surface area contributed by atoms with Crippen molar-refractivity contribution in [1.82, 2.24) is 9.97 Å². The van der Waals surface area contributed by atoms with Crippen molar-refractivity contribution in [1.29, 1.82) is 0 Å². The van der Waals surface area contributed by atoms with Crippen molar-refractivity contribution in [3.05, 3.63) is 27.8 Å². The quantitative estimate of drug-likeness (QED) is 0.813. The lowest BCUT2D eigenvalue weighted by molar-refractivity contribution is 0.672. The molecule has 0 amide bonds. The van der Waals surface area contributed by atoms with Crippen LogP contribution in [0.2, 0.25) is 0 Å². The highest BCUT2D eigenvalue weighted by atomic mass is 32.1. The maximum absolute atomic E-state index is 5.51. The Morgan fingerprint density at radius 1 is 1.28 bits per heavy atom. The molecular weight excluding hydrogens is 242 g/mol. The predicted octanol–water partition coefficient (Wildman–Crippen LogP) is 2.91. The molecule has 2 heterocycles. The first-order valence-corrected chi connectivity index (χ1v) is 7.61. The standard InChI is InChI=1S/C14H19N3S/c15-8-3-1-2-4-13-16-11-5-6-12-10(7-9-18-12)14(11)17-13/h7,9H,1-6,8,15H2,(H,16,17). The first-order valence-electron chi connectivity index (χ1n) is 6.73. The van der Waals surface area contributed by atoms with Crippen molar-refractivity contribution >= 4 is 11.3 Å². The van der Waals surface area contributed by atoms with Crippen LogP contribution in [0, 0.1) is 0 Å². The number of aryl methyl sites for hydroxylation is 3. The van der Waals surface area contributed by atoms with Crippen molar-refractivity contribution < 1.29 is 0 Å². The summed E-state index contributed by atoms with van der Waals surface area (Å²) in [6, 6.07) is 2.21. The number of rotatable bonds is 5. The minimum absolute atomic E-state index is 0.799. The van der Waals surface area contributed by atoms with Gasteiger partial charge < -0.3 is 10.7 Å². The number of thiophene rings is 1. The number of fused-ring (bicyclic) bond motifs is 3. The van der Waals surface area contributed by atoms with Gasteiger partial charge in [-0.3, -0.25) is 0 Å². The normalized spacial score (nSPS) is 13.4. The molecule has 0 bridgehead atoms. The fourth-order valence-electron chi connectivity index (χ4n) is 2.58. The first kappa shape index (κ1) is 11.9. The maximum atomic E-state index is 5.51. The van der Waals surface area contributed by atoms with Crippen LogP contribution in [0.5, 0.6) is 0 Å². The average molecular weight is 261 g/mol. The second kappa shape index (κ2) is 5.24. The molecule has 0 fully saturated rings. The van der Waals surface area contributed by atoms with E-state index in [4.69, 9.17) is 10.7 Å². The number of hydrogen-bond acceptors (Lipinski definition) is 3. The van der Waals surface area contributed by atoms with Gasteiger partial charge in [-0.05, 0) is 43.7 Å². The summed E-state index contributed by atoms with van der Waals surface area (Å²) in [4.78, 5) is 9.77. The minimum atomic E-state index is 0.799. The van der Waals surface area contributed by atoms with Gasteiger partial charge in [0.1, 0.15) is 5.82 Å². The zero-order chi connectivity index (χ0) is 12.4. The van der Waals surface area contributed by atoms with Gasteiger partial charge in [0.05, 0.1) is 5.69 Å². The third-order valence-electron chi connectivity index (χ3n) is 3.55. The van der Waals surface area contributed by atoms with Crippen LogP contribution < -0.4 is 5.73 Å². The van der Waals surface area contributed by atoms with E-state index < -0.39 is 0 Å². The van der Waals surface area contributed by atoms with E-state index in [1.807, 2.05) is 11.3 Å². The summed E-state index contributed by atoms with van der Waals surface area (Å²) in [5.74, 6) is 1.15. The number of nitrogens with zero attached hydrogens (tertiary/aromatic N) is 1. The van der Waals surface area contributed by atoms with E-state index in [0.717, 1.165) is 38.1 Å². The average Bonchev–Trinajstić information content (AvgIpc) is 2.99. The number of H-pyrrole nitrogens is 1. The Bertz CT molecular complexity index is 527. The number of nitrogens with one attached hydrogen (secondary N) is 1. The highest BCUT2D eigenvalue weighted by Gasteiger charge is 2.20. The molecule has 18 heavy (non-hydrogen) atoms. The number of unbranched alkanes of at least 4 members (excludes halogenated alkanes) is 2. The smallest absolute Gasteiger partial charge is 0.106 e. The molecule has 96 valence electrons. The molecule has 0 aromatic carbocycles. The van der Waals surface area contributed by atoms with Crippen LogP contribution in [-0.4, -0.2) is 16.5 Å². The lowest BCUT2D eigenvalue weighted by Crippen LogP contribution is -1.99. The summed E-state index contributed by atoms with van der Waals surface area (Å²) in [6.45, 7) is 0.799. The van der Waals surface area contributed by atoms with Crippen LogP contribution in [-0.2, 0) is 19.3 Å². The molecule has 3 N–H and O–H groups in total. The molecule has 1 aliphatic rings. The first-order chi connectivity index (χ1) is 8.88. The minimum Gasteiger partial charge on any atom is -0.345 e. The van der Waals surface area contributed by atoms with Gasteiger partial charge in [0.2, 0.25) is 0 Å². The van der Waals surface area contributed by atoms with Gasteiger partial charge in [0, 0.05) is 22.6 Å². The van der Waals surface area contributed by atoms with Gasteiger partial charge in [-0.15, -0.1) is 11.3 Å². The molecule has 3 rings (SSSR count). The third kappa shape index (κ3) is 2.22. The van der Waals surface area contributed by atoms with Gasteiger partial charge in [-0.1, -0.05) is 6.42 Å². The highest BCUT2D eigenvalue weighted by Crippen LogP contribution is 2.35. The molecule has 0 saturated heterocycles. The third-order valence-corrected chi connectivity index (χ3v) is 4.53. The van der Waals surface area contributed by atoms with Crippen LogP contribution in [0.25, 0.3) is 11.3 Å². The molecule has 0 spiro atoms. The monoisotopic (exact) mass is 261 g/mol. The summed E-state index contributed by atoms with van der Waals surface area (Å²) in [7, 11) is 0. The van der Waals surface area contributed by atoms with Gasteiger partial charge >= 0.3 is 0 Å². The van der Waals surface area contributed by atoms with Crippen molar-refractivity contribution in [2.75, 3.05) is 6.54 Å². The molecule has 3 nitrogen and oxygen atoms in total. The van der Waals surface area contributed by atoms with Crippen molar-refractivity contribution in [2.45, 2.75) is 38.5 Å². The SMILES string of the molecule is NCCCCCc1nc2c([nH]1)CCc1sccc1-2. The van der Waals surface area contributed by atoms with Gasteiger partial charge in [-0.25, -0.2) is 4.98 Å². The van der Waals surface area contributed by atoms with Crippen LogP contribution >= 0.6 is 11.3 Å². The van der Waals surface area contributed by atoms with Crippen molar-refractivity contribution in [3.63, 3.8) is 0 Å². The van der Waals surface area contributed by atoms with Crippen LogP contribution in [0.1, 0.15) is 35.7 Å². The molecule has 0 unspecified atom stereocenters. The topological polar surface area (TPSA) is 54.7 Å². The molecule has 0 saturated carbocycles. The molecule has 2 aromatic heterocycles. The zero-order valence-corrected chi connectivity index (χ0v) is 11.4. The van der Waals surface area contributed by atoms with Gasteiger partial charge in [0.15, 0.2) is 0 Å². The fraction of sp³-hybridized carbons (Fsp3) is 0.500. The summed E-state index contributed by atoms with van der Waals surface area (Å²) < 4.78 is 0. The van der Waals surface area contributed by atoms with Gasteiger partial charge in [0.25, 0.3) is 0 Å². The highest BCUT2D eigenvalue weighted by molar-refractivity contribution is 7.10. The zero-order valence-electron chi connectivity index (χ0n) is 10.5. The Kier molecular flexibility index (Phi) is 3.48. The van der Waals surface area contributed by atoms with Crippen LogP contribution in [0.15, 0.2) is 11.4 Å². The van der Waals surface area contributed by atoms with E-state index in [1.165, 1.54) is 34.7 Å². The van der Waals surface area contributed by atoms with E-state index in [-0.39, 0.29) is 0 Å². The van der Waals surface area contributed by atoms with E-state index in [1.54, 1.807) is 0 Å². The Labute approximate surface area is 111 Å². The molecule has 0 radical (unpaired) electrons. The number of imidazole rings is 1. The van der Waals surface area contributed by atoms with E-state index in [2.05, 4.69) is 16.4 Å². The molecule has 2 aromatic rings. The second-order valence-corrected chi connectivity index (χ2v) is 5.87. The summed E-state index contributed by atoms with van der Waals surface area (Å²) in [6.07, 6.45) is 6.82. The number of hydrogen-bond donors (Lipinski definition) is 2. The van der Waals surface area contributed by atoms with Crippen molar-refractivity contribution in [3.8, 4) is 11.3 Å². The van der Waals surface area contributed by atoms with Gasteiger partial charge in [-0.2, -0.15) is 0 Å². The van der Waals surface area contributed by atoms with Crippen molar-refractivity contribution in [2.24, 2.45) is 5.73 Å². The fourth-order valence-corrected chi connectivity index (χ4v) is 3.46. The Hall–Kier alpha value is -1.13.